The summed E-state index contributed by atoms with van der Waals surface area (Å²) in [6, 6.07) is 6.83. The van der Waals surface area contributed by atoms with E-state index in [4.69, 9.17) is 9.47 Å². The van der Waals surface area contributed by atoms with Gasteiger partial charge in [-0.05, 0) is 37.1 Å². The van der Waals surface area contributed by atoms with E-state index in [1.165, 1.54) is 0 Å². The predicted octanol–water partition coefficient (Wildman–Crippen LogP) is 2.19. The number of anilines is 1. The normalized spacial score (nSPS) is 11.2. The van der Waals surface area contributed by atoms with Gasteiger partial charge >= 0.3 is 0 Å². The lowest BCUT2D eigenvalue weighted by Gasteiger charge is -2.08. The molecule has 136 valence electrons. The average molecular weight is 359 g/mol. The van der Waals surface area contributed by atoms with Crippen LogP contribution in [0.3, 0.4) is 0 Å². The fourth-order valence-corrected chi connectivity index (χ4v) is 2.15. The topological polar surface area (TPSA) is 90.9 Å². The number of carbonyl (C=O) groups is 1. The third-order valence-corrected chi connectivity index (χ3v) is 3.42. The summed E-state index contributed by atoms with van der Waals surface area (Å²) in [5.74, 6) is 0.503. The van der Waals surface area contributed by atoms with E-state index in [1.54, 1.807) is 24.3 Å². The fraction of sp³-hybridized carbons (Fsp3) is 0.562. The standard InChI is InChI=1S/C16H25NO6S/c1-3-10-21-11-4-5-16(18)17-14-6-8-15(9-7-14)22-12-13-23-24(2,19)20/h6-9H,3-5,10-13H2,1-2H3,(H,17,18). The molecule has 0 aliphatic rings. The molecule has 0 radical (unpaired) electrons. The Labute approximate surface area is 143 Å². The van der Waals surface area contributed by atoms with Crippen LogP contribution in [-0.4, -0.2) is 47.0 Å². The van der Waals surface area contributed by atoms with Crippen molar-refractivity contribution >= 4 is 21.7 Å². The van der Waals surface area contributed by atoms with E-state index in [2.05, 4.69) is 9.50 Å². The Hall–Kier alpha value is -1.64. The molecular weight excluding hydrogens is 334 g/mol. The highest BCUT2D eigenvalue weighted by molar-refractivity contribution is 7.85. The maximum atomic E-state index is 11.8. The first-order valence-corrected chi connectivity index (χ1v) is 9.67. The van der Waals surface area contributed by atoms with Gasteiger partial charge in [0.15, 0.2) is 0 Å². The first kappa shape index (κ1) is 20.4. The van der Waals surface area contributed by atoms with Crippen LogP contribution in [0.1, 0.15) is 26.2 Å². The molecule has 0 aliphatic heterocycles. The summed E-state index contributed by atoms with van der Waals surface area (Å²) in [6.45, 7) is 3.43. The van der Waals surface area contributed by atoms with E-state index < -0.39 is 10.1 Å². The van der Waals surface area contributed by atoms with Gasteiger partial charge in [0.25, 0.3) is 10.1 Å². The third-order valence-electron chi connectivity index (χ3n) is 2.83. The van der Waals surface area contributed by atoms with Crippen molar-refractivity contribution in [2.75, 3.05) is 38.0 Å². The SMILES string of the molecule is CCCOCCCC(=O)Nc1ccc(OCCOS(C)(=O)=O)cc1. The van der Waals surface area contributed by atoms with Crippen molar-refractivity contribution in [2.24, 2.45) is 0 Å². The van der Waals surface area contributed by atoms with E-state index in [-0.39, 0.29) is 19.1 Å². The highest BCUT2D eigenvalue weighted by atomic mass is 32.2. The molecule has 0 atom stereocenters. The summed E-state index contributed by atoms with van der Waals surface area (Å²) in [5, 5.41) is 2.79. The Bertz CT molecular complexity index is 585. The van der Waals surface area contributed by atoms with E-state index in [0.29, 0.717) is 30.9 Å². The largest absolute Gasteiger partial charge is 0.491 e. The molecule has 0 spiro atoms. The van der Waals surface area contributed by atoms with Crippen LogP contribution in [0.15, 0.2) is 24.3 Å². The summed E-state index contributed by atoms with van der Waals surface area (Å²) in [6.07, 6.45) is 3.06. The summed E-state index contributed by atoms with van der Waals surface area (Å²) in [5.41, 5.74) is 0.675. The van der Waals surface area contributed by atoms with Crippen LogP contribution in [0.2, 0.25) is 0 Å². The second kappa shape index (κ2) is 11.0. The van der Waals surface area contributed by atoms with Crippen LogP contribution in [0.5, 0.6) is 5.75 Å². The molecule has 0 aromatic heterocycles. The smallest absolute Gasteiger partial charge is 0.264 e. The lowest BCUT2D eigenvalue weighted by Crippen LogP contribution is -2.12. The van der Waals surface area contributed by atoms with Gasteiger partial charge in [0.2, 0.25) is 5.91 Å². The van der Waals surface area contributed by atoms with Crippen LogP contribution >= 0.6 is 0 Å². The van der Waals surface area contributed by atoms with E-state index in [0.717, 1.165) is 19.3 Å². The van der Waals surface area contributed by atoms with Crippen molar-refractivity contribution in [3.05, 3.63) is 24.3 Å². The van der Waals surface area contributed by atoms with Gasteiger partial charge in [-0.2, -0.15) is 8.42 Å². The van der Waals surface area contributed by atoms with E-state index in [9.17, 15) is 13.2 Å². The number of ether oxygens (including phenoxy) is 2. The number of hydrogen-bond donors (Lipinski definition) is 1. The van der Waals surface area contributed by atoms with E-state index >= 15 is 0 Å². The zero-order valence-electron chi connectivity index (χ0n) is 14.1. The molecule has 1 aromatic carbocycles. The van der Waals surface area contributed by atoms with Crippen molar-refractivity contribution in [1.29, 1.82) is 0 Å². The minimum Gasteiger partial charge on any atom is -0.491 e. The van der Waals surface area contributed by atoms with Crippen molar-refractivity contribution in [3.63, 3.8) is 0 Å². The van der Waals surface area contributed by atoms with Gasteiger partial charge in [0.05, 0.1) is 6.26 Å². The second-order valence-electron chi connectivity index (χ2n) is 5.16. The maximum absolute atomic E-state index is 11.8. The van der Waals surface area contributed by atoms with Crippen LogP contribution in [0.4, 0.5) is 5.69 Å². The van der Waals surface area contributed by atoms with E-state index in [1.807, 2.05) is 6.92 Å². The lowest BCUT2D eigenvalue weighted by molar-refractivity contribution is -0.116. The molecule has 0 saturated carbocycles. The zero-order valence-corrected chi connectivity index (χ0v) is 14.9. The number of nitrogens with one attached hydrogen (secondary N) is 1. The molecule has 0 aliphatic carbocycles. The Kier molecular flexibility index (Phi) is 9.36. The van der Waals surface area contributed by atoms with Gasteiger partial charge in [-0.25, -0.2) is 0 Å². The molecule has 1 amide bonds. The van der Waals surface area contributed by atoms with Crippen molar-refractivity contribution in [3.8, 4) is 5.75 Å². The number of benzene rings is 1. The Balaban J connectivity index is 2.25. The zero-order chi connectivity index (χ0) is 17.8. The molecule has 1 aromatic rings. The molecule has 8 heteroatoms. The minimum atomic E-state index is -3.45. The fourth-order valence-electron chi connectivity index (χ4n) is 1.78. The Morgan fingerprint density at radius 1 is 1.08 bits per heavy atom. The highest BCUT2D eigenvalue weighted by Gasteiger charge is 2.04. The molecule has 1 rings (SSSR count). The first-order chi connectivity index (χ1) is 11.4. The van der Waals surface area contributed by atoms with Gasteiger partial charge < -0.3 is 14.8 Å². The molecule has 0 saturated heterocycles. The van der Waals surface area contributed by atoms with Gasteiger partial charge in [-0.1, -0.05) is 6.92 Å². The van der Waals surface area contributed by atoms with Gasteiger partial charge in [0, 0.05) is 25.3 Å². The molecule has 24 heavy (non-hydrogen) atoms. The minimum absolute atomic E-state index is 0.0442. The van der Waals surface area contributed by atoms with Crippen LogP contribution in [0.25, 0.3) is 0 Å². The molecule has 0 bridgehead atoms. The molecular formula is C16H25NO6S. The van der Waals surface area contributed by atoms with Crippen LogP contribution in [0, 0.1) is 0 Å². The third kappa shape index (κ3) is 10.2. The molecule has 7 nitrogen and oxygen atoms in total. The Morgan fingerprint density at radius 2 is 1.79 bits per heavy atom. The lowest BCUT2D eigenvalue weighted by atomic mass is 10.2. The number of carbonyl (C=O) groups excluding carboxylic acids is 1. The molecule has 0 heterocycles. The maximum Gasteiger partial charge on any atom is 0.264 e. The van der Waals surface area contributed by atoms with Crippen LogP contribution < -0.4 is 10.1 Å². The second-order valence-corrected chi connectivity index (χ2v) is 6.81. The summed E-state index contributed by atoms with van der Waals surface area (Å²) in [4.78, 5) is 11.8. The predicted molar refractivity (Wildman–Crippen MR) is 91.7 cm³/mol. The Morgan fingerprint density at radius 3 is 2.42 bits per heavy atom. The monoisotopic (exact) mass is 359 g/mol. The number of rotatable bonds is 12. The number of amides is 1. The molecule has 1 N–H and O–H groups in total. The van der Waals surface area contributed by atoms with Crippen molar-refractivity contribution < 1.29 is 26.9 Å². The summed E-state index contributed by atoms with van der Waals surface area (Å²) >= 11 is 0. The molecule has 0 fully saturated rings. The average Bonchev–Trinajstić information content (AvgIpc) is 2.52. The summed E-state index contributed by atoms with van der Waals surface area (Å²) < 4.78 is 36.8. The molecule has 0 unspecified atom stereocenters. The van der Waals surface area contributed by atoms with Gasteiger partial charge in [-0.3, -0.25) is 8.98 Å². The number of hydrogen-bond acceptors (Lipinski definition) is 6. The quantitative estimate of drug-likeness (QED) is 0.454. The van der Waals surface area contributed by atoms with Crippen LogP contribution in [-0.2, 0) is 23.8 Å². The summed E-state index contributed by atoms with van der Waals surface area (Å²) in [7, 11) is -3.45. The van der Waals surface area contributed by atoms with Crippen molar-refractivity contribution in [1.82, 2.24) is 0 Å². The van der Waals surface area contributed by atoms with Gasteiger partial charge in [0.1, 0.15) is 19.0 Å². The van der Waals surface area contributed by atoms with Crippen molar-refractivity contribution in [2.45, 2.75) is 26.2 Å². The highest BCUT2D eigenvalue weighted by Crippen LogP contribution is 2.16. The van der Waals surface area contributed by atoms with Gasteiger partial charge in [-0.15, -0.1) is 0 Å². The first-order valence-electron chi connectivity index (χ1n) is 7.85.